The van der Waals surface area contributed by atoms with Gasteiger partial charge in [-0.25, -0.2) is 23.1 Å². The average molecular weight is 400 g/mol. The number of sulfonamides is 1. The van der Waals surface area contributed by atoms with Crippen molar-refractivity contribution >= 4 is 16.0 Å². The summed E-state index contributed by atoms with van der Waals surface area (Å²) in [5.74, 6) is 0.542. The Kier molecular flexibility index (Phi) is 5.38. The summed E-state index contributed by atoms with van der Waals surface area (Å²) in [6.07, 6.45) is -2.51. The van der Waals surface area contributed by atoms with Gasteiger partial charge in [0.2, 0.25) is 16.0 Å². The summed E-state index contributed by atoms with van der Waals surface area (Å²) >= 11 is 0. The van der Waals surface area contributed by atoms with E-state index in [9.17, 15) is 21.6 Å². The van der Waals surface area contributed by atoms with Gasteiger partial charge in [0.15, 0.2) is 0 Å². The van der Waals surface area contributed by atoms with Gasteiger partial charge < -0.3 is 4.90 Å². The number of aromatic nitrogens is 2. The van der Waals surface area contributed by atoms with Crippen LogP contribution in [0.5, 0.6) is 0 Å². The molecule has 1 N–H and O–H groups in total. The van der Waals surface area contributed by atoms with Crippen LogP contribution < -0.4 is 9.62 Å². The van der Waals surface area contributed by atoms with E-state index in [1.807, 2.05) is 4.90 Å². The largest absolute Gasteiger partial charge is 0.416 e. The molecule has 2 aromatic rings. The third-order valence-corrected chi connectivity index (χ3v) is 5.60. The molecular weight excluding hydrogens is 381 g/mol. The van der Waals surface area contributed by atoms with Gasteiger partial charge in [-0.2, -0.15) is 13.2 Å². The molecule has 0 radical (unpaired) electrons. The number of aryl methyl sites for hydroxylation is 1. The summed E-state index contributed by atoms with van der Waals surface area (Å²) in [6.45, 7) is 3.34. The molecule has 146 valence electrons. The summed E-state index contributed by atoms with van der Waals surface area (Å²) < 4.78 is 65.5. The van der Waals surface area contributed by atoms with Gasteiger partial charge in [-0.15, -0.1) is 0 Å². The quantitative estimate of drug-likeness (QED) is 0.835. The van der Waals surface area contributed by atoms with E-state index in [0.717, 1.165) is 44.1 Å². The first-order valence-corrected chi connectivity index (χ1v) is 9.90. The van der Waals surface area contributed by atoms with Crippen molar-refractivity contribution in [3.8, 4) is 0 Å². The van der Waals surface area contributed by atoms with Crippen LogP contribution in [0.15, 0.2) is 35.2 Å². The van der Waals surface area contributed by atoms with Crippen molar-refractivity contribution in [3.05, 3.63) is 47.3 Å². The summed E-state index contributed by atoms with van der Waals surface area (Å²) in [5, 5.41) is 0. The predicted octanol–water partition coefficient (Wildman–Crippen LogP) is 2.88. The second-order valence-electron chi connectivity index (χ2n) is 6.34. The molecule has 6 nitrogen and oxygen atoms in total. The lowest BCUT2D eigenvalue weighted by Gasteiger charge is -2.16. The maximum atomic E-state index is 12.8. The van der Waals surface area contributed by atoms with Gasteiger partial charge in [-0.3, -0.25) is 0 Å². The monoisotopic (exact) mass is 400 g/mol. The number of benzene rings is 1. The zero-order chi connectivity index (χ0) is 19.7. The first-order chi connectivity index (χ1) is 12.6. The van der Waals surface area contributed by atoms with E-state index in [-0.39, 0.29) is 6.54 Å². The van der Waals surface area contributed by atoms with E-state index in [2.05, 4.69) is 14.7 Å². The fraction of sp³-hybridized carbons (Fsp3) is 0.412. The summed E-state index contributed by atoms with van der Waals surface area (Å²) in [6, 6.07) is 5.28. The van der Waals surface area contributed by atoms with E-state index in [1.165, 1.54) is 0 Å². The summed E-state index contributed by atoms with van der Waals surface area (Å²) in [4.78, 5) is 10.3. The Balaban J connectivity index is 1.78. The zero-order valence-corrected chi connectivity index (χ0v) is 15.4. The van der Waals surface area contributed by atoms with Crippen LogP contribution in [0.1, 0.15) is 29.8 Å². The molecule has 2 heterocycles. The van der Waals surface area contributed by atoms with E-state index in [1.54, 1.807) is 13.0 Å². The smallest absolute Gasteiger partial charge is 0.341 e. The third kappa shape index (κ3) is 4.75. The van der Waals surface area contributed by atoms with Crippen LogP contribution in [0.2, 0.25) is 0 Å². The van der Waals surface area contributed by atoms with Crippen LogP contribution in [0.3, 0.4) is 0 Å². The highest BCUT2D eigenvalue weighted by Crippen LogP contribution is 2.30. The van der Waals surface area contributed by atoms with Gasteiger partial charge in [0, 0.05) is 18.8 Å². The number of nitrogens with one attached hydrogen (secondary N) is 1. The number of halogens is 3. The van der Waals surface area contributed by atoms with E-state index in [4.69, 9.17) is 0 Å². The van der Waals surface area contributed by atoms with Gasteiger partial charge >= 0.3 is 6.18 Å². The van der Waals surface area contributed by atoms with Crippen LogP contribution in [-0.2, 0) is 22.7 Å². The van der Waals surface area contributed by atoms with Crippen LogP contribution in [0.4, 0.5) is 19.1 Å². The Hall–Kier alpha value is -2.20. The van der Waals surface area contributed by atoms with Gasteiger partial charge in [0.1, 0.15) is 0 Å². The van der Waals surface area contributed by atoms with Crippen molar-refractivity contribution in [2.45, 2.75) is 37.4 Å². The molecule has 1 aromatic heterocycles. The lowest BCUT2D eigenvalue weighted by molar-refractivity contribution is -0.137. The van der Waals surface area contributed by atoms with Crippen LogP contribution >= 0.6 is 0 Å². The Morgan fingerprint density at radius 3 is 2.52 bits per heavy atom. The van der Waals surface area contributed by atoms with Crippen molar-refractivity contribution in [1.82, 2.24) is 14.7 Å². The normalized spacial score (nSPS) is 15.3. The first kappa shape index (κ1) is 19.6. The zero-order valence-electron chi connectivity index (χ0n) is 14.6. The van der Waals surface area contributed by atoms with Gasteiger partial charge in [-0.05, 0) is 44.0 Å². The average Bonchev–Trinajstić information content (AvgIpc) is 3.14. The van der Waals surface area contributed by atoms with Crippen LogP contribution in [-0.4, -0.2) is 31.5 Å². The van der Waals surface area contributed by atoms with Crippen molar-refractivity contribution in [2.24, 2.45) is 0 Å². The fourth-order valence-electron chi connectivity index (χ4n) is 2.86. The molecular formula is C17H19F3N4O2S. The van der Waals surface area contributed by atoms with E-state index < -0.39 is 26.7 Å². The molecule has 10 heteroatoms. The Morgan fingerprint density at radius 1 is 1.15 bits per heavy atom. The molecule has 0 amide bonds. The Morgan fingerprint density at radius 2 is 1.85 bits per heavy atom. The standard InChI is InChI=1S/C17H19F3N4O2S/c1-12-9-14(23-16(22-12)24-7-2-3-8-24)11-21-27(25,26)15-6-4-5-13(10-15)17(18,19)20/h4-6,9-10,21H,2-3,7-8,11H2,1H3. The van der Waals surface area contributed by atoms with E-state index in [0.29, 0.717) is 23.4 Å². The molecule has 3 rings (SSSR count). The van der Waals surface area contributed by atoms with Crippen molar-refractivity contribution in [1.29, 1.82) is 0 Å². The molecule has 0 unspecified atom stereocenters. The molecule has 27 heavy (non-hydrogen) atoms. The summed E-state index contributed by atoms with van der Waals surface area (Å²) in [5.41, 5.74) is 0.139. The second-order valence-corrected chi connectivity index (χ2v) is 8.11. The molecule has 0 spiro atoms. The highest BCUT2D eigenvalue weighted by atomic mass is 32.2. The number of hydrogen-bond acceptors (Lipinski definition) is 5. The molecule has 1 fully saturated rings. The Labute approximate surface area is 155 Å². The SMILES string of the molecule is Cc1cc(CNS(=O)(=O)c2cccc(C(F)(F)F)c2)nc(N2CCCC2)n1. The fourth-order valence-corrected chi connectivity index (χ4v) is 3.90. The van der Waals surface area contributed by atoms with Crippen molar-refractivity contribution in [2.75, 3.05) is 18.0 Å². The van der Waals surface area contributed by atoms with Gasteiger partial charge in [0.05, 0.1) is 22.7 Å². The van der Waals surface area contributed by atoms with Crippen molar-refractivity contribution < 1.29 is 21.6 Å². The van der Waals surface area contributed by atoms with Gasteiger partial charge in [-0.1, -0.05) is 6.07 Å². The maximum Gasteiger partial charge on any atom is 0.416 e. The minimum atomic E-state index is -4.61. The van der Waals surface area contributed by atoms with Crippen LogP contribution in [0, 0.1) is 6.92 Å². The minimum Gasteiger partial charge on any atom is -0.341 e. The number of alkyl halides is 3. The minimum absolute atomic E-state index is 0.136. The van der Waals surface area contributed by atoms with Gasteiger partial charge in [0.25, 0.3) is 0 Å². The molecule has 1 aliphatic rings. The highest BCUT2D eigenvalue weighted by Gasteiger charge is 2.31. The predicted molar refractivity (Wildman–Crippen MR) is 93.7 cm³/mol. The molecule has 1 saturated heterocycles. The molecule has 1 aliphatic heterocycles. The molecule has 0 aliphatic carbocycles. The number of hydrogen-bond donors (Lipinski definition) is 1. The van der Waals surface area contributed by atoms with Crippen molar-refractivity contribution in [3.63, 3.8) is 0 Å². The number of anilines is 1. The third-order valence-electron chi connectivity index (χ3n) is 4.20. The highest BCUT2D eigenvalue weighted by molar-refractivity contribution is 7.89. The second kappa shape index (κ2) is 7.43. The molecule has 0 bridgehead atoms. The first-order valence-electron chi connectivity index (χ1n) is 8.41. The topological polar surface area (TPSA) is 75.2 Å². The van der Waals surface area contributed by atoms with E-state index >= 15 is 0 Å². The number of rotatable bonds is 5. The lowest BCUT2D eigenvalue weighted by Crippen LogP contribution is -2.26. The summed E-state index contributed by atoms with van der Waals surface area (Å²) in [7, 11) is -4.11. The Bertz CT molecular complexity index is 926. The molecule has 0 atom stereocenters. The maximum absolute atomic E-state index is 12.8. The molecule has 0 saturated carbocycles. The molecule has 1 aromatic carbocycles. The lowest BCUT2D eigenvalue weighted by atomic mass is 10.2. The number of nitrogens with zero attached hydrogens (tertiary/aromatic N) is 3. The van der Waals surface area contributed by atoms with Crippen LogP contribution in [0.25, 0.3) is 0 Å².